The minimum atomic E-state index is -0.716. The summed E-state index contributed by atoms with van der Waals surface area (Å²) in [6, 6.07) is 15.3. The molecule has 1 aliphatic heterocycles. The number of hydrogen-bond acceptors (Lipinski definition) is 7. The van der Waals surface area contributed by atoms with Crippen LogP contribution in [0, 0.1) is 10.1 Å². The number of amides is 2. The zero-order chi connectivity index (χ0) is 23.5. The second kappa shape index (κ2) is 9.15. The van der Waals surface area contributed by atoms with Crippen molar-refractivity contribution >= 4 is 58.2 Å². The molecule has 1 saturated heterocycles. The second-order valence-electron chi connectivity index (χ2n) is 6.69. The third-order valence-corrected chi connectivity index (χ3v) is 5.07. The molecule has 11 heteroatoms. The highest BCUT2D eigenvalue weighted by atomic mass is 35.5. The summed E-state index contributed by atoms with van der Waals surface area (Å²) >= 11 is 11.0. The van der Waals surface area contributed by atoms with Crippen molar-refractivity contribution in [3.05, 3.63) is 93.1 Å². The Kier molecular flexibility index (Phi) is 6.11. The van der Waals surface area contributed by atoms with Crippen LogP contribution in [0.15, 0.2) is 72.4 Å². The van der Waals surface area contributed by atoms with Gasteiger partial charge in [0.05, 0.1) is 10.6 Å². The van der Waals surface area contributed by atoms with Crippen LogP contribution >= 0.6 is 23.8 Å². The van der Waals surface area contributed by atoms with E-state index in [-0.39, 0.29) is 33.6 Å². The Morgan fingerprint density at radius 2 is 1.88 bits per heavy atom. The van der Waals surface area contributed by atoms with Crippen LogP contribution in [0.25, 0.3) is 6.08 Å². The number of ether oxygens (including phenoxy) is 1. The molecular formula is C22H13ClN4O5S. The first-order valence-electron chi connectivity index (χ1n) is 9.38. The molecule has 164 valence electrons. The average molecular weight is 481 g/mol. The highest BCUT2D eigenvalue weighted by Crippen LogP contribution is 2.32. The van der Waals surface area contributed by atoms with Crippen molar-refractivity contribution in [2.24, 2.45) is 0 Å². The van der Waals surface area contributed by atoms with Gasteiger partial charge in [-0.1, -0.05) is 23.7 Å². The Balaban J connectivity index is 1.69. The molecule has 0 bridgehead atoms. The van der Waals surface area contributed by atoms with Gasteiger partial charge < -0.3 is 4.74 Å². The van der Waals surface area contributed by atoms with E-state index in [0.717, 1.165) is 4.90 Å². The van der Waals surface area contributed by atoms with E-state index in [1.807, 2.05) is 0 Å². The number of anilines is 1. The largest absolute Gasteiger partial charge is 0.432 e. The third-order valence-electron chi connectivity index (χ3n) is 4.53. The molecule has 1 aromatic heterocycles. The van der Waals surface area contributed by atoms with Crippen molar-refractivity contribution in [1.82, 2.24) is 10.3 Å². The predicted octanol–water partition coefficient (Wildman–Crippen LogP) is 4.27. The Morgan fingerprint density at radius 1 is 1.12 bits per heavy atom. The molecular weight excluding hydrogens is 468 g/mol. The Hall–Kier alpha value is -4.15. The minimum Gasteiger partial charge on any atom is -0.432 e. The van der Waals surface area contributed by atoms with E-state index in [2.05, 4.69) is 10.3 Å². The molecule has 33 heavy (non-hydrogen) atoms. The van der Waals surface area contributed by atoms with Gasteiger partial charge in [-0.2, -0.15) is 0 Å². The number of carbonyl (C=O) groups is 2. The van der Waals surface area contributed by atoms with Crippen molar-refractivity contribution in [3.8, 4) is 11.6 Å². The molecule has 1 aliphatic rings. The van der Waals surface area contributed by atoms with Gasteiger partial charge in [0.15, 0.2) is 5.11 Å². The molecule has 1 fully saturated rings. The number of nitrogens with zero attached hydrogens (tertiary/aromatic N) is 3. The SMILES string of the molecule is O=C1NC(=S)N(c2ccc(Cl)cc2)C(=O)C1=Cc1ccc(Oc2ccccn2)c([N+](=O)[O-])c1. The lowest BCUT2D eigenvalue weighted by Gasteiger charge is -2.28. The van der Waals surface area contributed by atoms with E-state index in [0.29, 0.717) is 10.7 Å². The first kappa shape index (κ1) is 22.1. The smallest absolute Gasteiger partial charge is 0.312 e. The molecule has 9 nitrogen and oxygen atoms in total. The molecule has 0 atom stereocenters. The fourth-order valence-electron chi connectivity index (χ4n) is 3.02. The number of nitro groups is 1. The number of nitrogens with one attached hydrogen (secondary N) is 1. The fraction of sp³-hybridized carbons (Fsp3) is 0. The van der Waals surface area contributed by atoms with Gasteiger partial charge in [0.25, 0.3) is 11.8 Å². The van der Waals surface area contributed by atoms with Gasteiger partial charge in [0.1, 0.15) is 5.57 Å². The van der Waals surface area contributed by atoms with E-state index in [4.69, 9.17) is 28.6 Å². The maximum atomic E-state index is 13.1. The van der Waals surface area contributed by atoms with E-state index in [1.165, 1.54) is 30.5 Å². The molecule has 0 aliphatic carbocycles. The van der Waals surface area contributed by atoms with Crippen molar-refractivity contribution in [2.45, 2.75) is 0 Å². The summed E-state index contributed by atoms with van der Waals surface area (Å²) in [6.45, 7) is 0. The van der Waals surface area contributed by atoms with Gasteiger partial charge in [-0.15, -0.1) is 0 Å². The van der Waals surface area contributed by atoms with Gasteiger partial charge in [-0.3, -0.25) is 29.9 Å². The molecule has 1 N–H and O–H groups in total. The number of aromatic nitrogens is 1. The highest BCUT2D eigenvalue weighted by Gasteiger charge is 2.34. The molecule has 2 heterocycles. The average Bonchev–Trinajstić information content (AvgIpc) is 2.79. The standard InChI is InChI=1S/C22H13ClN4O5S/c23-14-5-7-15(8-6-14)26-21(29)16(20(28)25-22(26)33)11-13-4-9-18(17(12-13)27(30)31)32-19-3-1-2-10-24-19/h1-12H,(H,25,28,33). The van der Waals surface area contributed by atoms with Crippen LogP contribution in [0.4, 0.5) is 11.4 Å². The lowest BCUT2D eigenvalue weighted by Crippen LogP contribution is -2.54. The molecule has 3 aromatic rings. The molecule has 2 aromatic carbocycles. The third kappa shape index (κ3) is 4.71. The lowest BCUT2D eigenvalue weighted by molar-refractivity contribution is -0.385. The molecule has 0 radical (unpaired) electrons. The highest BCUT2D eigenvalue weighted by molar-refractivity contribution is 7.80. The van der Waals surface area contributed by atoms with Crippen LogP contribution in [0.3, 0.4) is 0 Å². The molecule has 0 spiro atoms. The maximum absolute atomic E-state index is 13.1. The van der Waals surface area contributed by atoms with Crippen molar-refractivity contribution < 1.29 is 19.2 Å². The van der Waals surface area contributed by atoms with Crippen LogP contribution < -0.4 is 15.0 Å². The Labute approximate surface area is 197 Å². The van der Waals surface area contributed by atoms with Crippen LogP contribution in [0.1, 0.15) is 5.56 Å². The van der Waals surface area contributed by atoms with Gasteiger partial charge in [-0.25, -0.2) is 4.98 Å². The number of benzene rings is 2. The van der Waals surface area contributed by atoms with E-state index in [9.17, 15) is 19.7 Å². The molecule has 4 rings (SSSR count). The lowest BCUT2D eigenvalue weighted by atomic mass is 10.1. The van der Waals surface area contributed by atoms with Gasteiger partial charge in [0.2, 0.25) is 11.6 Å². The van der Waals surface area contributed by atoms with Crippen molar-refractivity contribution in [1.29, 1.82) is 0 Å². The zero-order valence-corrected chi connectivity index (χ0v) is 18.2. The predicted molar refractivity (Wildman–Crippen MR) is 125 cm³/mol. The number of carbonyl (C=O) groups excluding carboxylic acids is 2. The Morgan fingerprint density at radius 3 is 2.55 bits per heavy atom. The van der Waals surface area contributed by atoms with Gasteiger partial charge in [0, 0.05) is 23.4 Å². The molecule has 0 unspecified atom stereocenters. The van der Waals surface area contributed by atoms with E-state index >= 15 is 0 Å². The summed E-state index contributed by atoms with van der Waals surface area (Å²) < 4.78 is 5.50. The summed E-state index contributed by atoms with van der Waals surface area (Å²) in [5.74, 6) is -1.25. The monoisotopic (exact) mass is 480 g/mol. The fourth-order valence-corrected chi connectivity index (χ4v) is 3.43. The summed E-state index contributed by atoms with van der Waals surface area (Å²) in [6.07, 6.45) is 2.74. The number of pyridine rings is 1. The number of thiocarbonyl (C=S) groups is 1. The Bertz CT molecular complexity index is 1310. The number of halogens is 1. The first-order chi connectivity index (χ1) is 15.8. The van der Waals surface area contributed by atoms with Crippen LogP contribution in [-0.4, -0.2) is 26.8 Å². The maximum Gasteiger partial charge on any atom is 0.312 e. The van der Waals surface area contributed by atoms with Crippen molar-refractivity contribution in [2.75, 3.05) is 4.90 Å². The molecule has 2 amide bonds. The summed E-state index contributed by atoms with van der Waals surface area (Å²) in [4.78, 5) is 41.6. The topological polar surface area (TPSA) is 115 Å². The quantitative estimate of drug-likeness (QED) is 0.191. The summed E-state index contributed by atoms with van der Waals surface area (Å²) in [5, 5.41) is 14.4. The summed E-state index contributed by atoms with van der Waals surface area (Å²) in [5.41, 5.74) is 0.0535. The van der Waals surface area contributed by atoms with E-state index < -0.39 is 16.7 Å². The van der Waals surface area contributed by atoms with Crippen LogP contribution in [0.2, 0.25) is 5.02 Å². The van der Waals surface area contributed by atoms with Gasteiger partial charge >= 0.3 is 5.69 Å². The van der Waals surface area contributed by atoms with E-state index in [1.54, 1.807) is 42.5 Å². The number of hydrogen-bond donors (Lipinski definition) is 1. The first-order valence-corrected chi connectivity index (χ1v) is 10.2. The number of rotatable bonds is 5. The van der Waals surface area contributed by atoms with Gasteiger partial charge in [-0.05, 0) is 60.3 Å². The number of nitro benzene ring substituents is 1. The second-order valence-corrected chi connectivity index (χ2v) is 7.51. The summed E-state index contributed by atoms with van der Waals surface area (Å²) in [7, 11) is 0. The van der Waals surface area contributed by atoms with Crippen LogP contribution in [-0.2, 0) is 9.59 Å². The zero-order valence-electron chi connectivity index (χ0n) is 16.6. The molecule has 0 saturated carbocycles. The normalized spacial score (nSPS) is 14.9. The van der Waals surface area contributed by atoms with Crippen LogP contribution in [0.5, 0.6) is 11.6 Å². The van der Waals surface area contributed by atoms with Crippen molar-refractivity contribution in [3.63, 3.8) is 0 Å². The minimum absolute atomic E-state index is 0.0377.